The van der Waals surface area contributed by atoms with Crippen molar-refractivity contribution in [3.8, 4) is 0 Å². The van der Waals surface area contributed by atoms with E-state index in [-0.39, 0.29) is 0 Å². The first-order valence-electron chi connectivity index (χ1n) is 18.5. The highest BCUT2D eigenvalue weighted by molar-refractivity contribution is 4.49. The van der Waals surface area contributed by atoms with E-state index in [0.717, 1.165) is 169 Å². The fourth-order valence-electron chi connectivity index (χ4n) is 4.90. The van der Waals surface area contributed by atoms with Gasteiger partial charge in [-0.3, -0.25) is 0 Å². The molecule has 0 atom stereocenters. The summed E-state index contributed by atoms with van der Waals surface area (Å²) >= 11 is 0. The van der Waals surface area contributed by atoms with Crippen molar-refractivity contribution in [3.05, 3.63) is 0 Å². The Balaban J connectivity index is 3.02. The summed E-state index contributed by atoms with van der Waals surface area (Å²) in [4.78, 5) is 0. The Hall–Kier alpha value is -0.280. The third-order valence-electron chi connectivity index (χ3n) is 7.70. The highest BCUT2D eigenvalue weighted by atomic mass is 16.5. The molecule has 43 heavy (non-hydrogen) atoms. The first-order valence-corrected chi connectivity index (χ1v) is 18.5. The average Bonchev–Trinajstić information content (AvgIpc) is 3.02. The average molecular weight is 619 g/mol. The number of ether oxygens (including phenoxy) is 5. The molecule has 0 fully saturated rings. The number of aliphatic hydroxyl groups is 2. The smallest absolute Gasteiger partial charge is 0.0466 e. The summed E-state index contributed by atoms with van der Waals surface area (Å²) in [5.74, 6) is 0. The third-order valence-corrected chi connectivity index (χ3v) is 7.70. The number of hydrogen-bond acceptors (Lipinski definition) is 7. The lowest BCUT2D eigenvalue weighted by atomic mass is 10.2. The molecular formula is C36H74O7. The largest absolute Gasteiger partial charge is 0.396 e. The lowest BCUT2D eigenvalue weighted by Gasteiger charge is -2.07. The van der Waals surface area contributed by atoms with Gasteiger partial charge in [-0.25, -0.2) is 0 Å². The Morgan fingerprint density at radius 2 is 0.326 bits per heavy atom. The van der Waals surface area contributed by atoms with Crippen molar-refractivity contribution < 1.29 is 33.9 Å². The zero-order valence-electron chi connectivity index (χ0n) is 28.4. The van der Waals surface area contributed by atoms with Crippen LogP contribution in [0.4, 0.5) is 0 Å². The maximum Gasteiger partial charge on any atom is 0.0466 e. The molecule has 0 radical (unpaired) electrons. The molecule has 0 spiro atoms. The maximum absolute atomic E-state index is 8.75. The van der Waals surface area contributed by atoms with Gasteiger partial charge in [-0.1, -0.05) is 77.0 Å². The second kappa shape index (κ2) is 41.7. The molecule has 0 saturated heterocycles. The van der Waals surface area contributed by atoms with Crippen LogP contribution >= 0.6 is 0 Å². The van der Waals surface area contributed by atoms with Crippen LogP contribution in [0.5, 0.6) is 0 Å². The van der Waals surface area contributed by atoms with E-state index < -0.39 is 0 Å². The Kier molecular flexibility index (Phi) is 41.4. The van der Waals surface area contributed by atoms with Crippen molar-refractivity contribution in [3.63, 3.8) is 0 Å². The van der Waals surface area contributed by atoms with Crippen LogP contribution in [-0.2, 0) is 23.7 Å². The van der Waals surface area contributed by atoms with E-state index in [1.165, 1.54) is 51.4 Å². The molecule has 0 heterocycles. The van der Waals surface area contributed by atoms with Gasteiger partial charge in [-0.15, -0.1) is 0 Å². The summed E-state index contributed by atoms with van der Waals surface area (Å²) in [7, 11) is 0. The number of hydrogen-bond donors (Lipinski definition) is 2. The summed E-state index contributed by atoms with van der Waals surface area (Å²) in [5.41, 5.74) is 0. The maximum atomic E-state index is 8.75. The number of aliphatic hydroxyl groups excluding tert-OH is 2. The van der Waals surface area contributed by atoms with E-state index in [9.17, 15) is 0 Å². The van der Waals surface area contributed by atoms with E-state index in [1.54, 1.807) is 0 Å². The number of unbranched alkanes of at least 4 members (excludes halogenated alkanes) is 18. The van der Waals surface area contributed by atoms with Gasteiger partial charge < -0.3 is 33.9 Å². The van der Waals surface area contributed by atoms with Crippen molar-refractivity contribution in [2.45, 2.75) is 154 Å². The molecular weight excluding hydrogens is 544 g/mol. The van der Waals surface area contributed by atoms with Crippen LogP contribution in [0, 0.1) is 0 Å². The van der Waals surface area contributed by atoms with Gasteiger partial charge in [0.1, 0.15) is 0 Å². The molecule has 0 aliphatic carbocycles. The summed E-state index contributed by atoms with van der Waals surface area (Å²) in [6.45, 7) is 9.50. The van der Waals surface area contributed by atoms with E-state index >= 15 is 0 Å². The lowest BCUT2D eigenvalue weighted by molar-refractivity contribution is 0.111. The van der Waals surface area contributed by atoms with Gasteiger partial charge in [-0.05, 0) is 77.0 Å². The molecule has 7 nitrogen and oxygen atoms in total. The van der Waals surface area contributed by atoms with Gasteiger partial charge in [0, 0.05) is 79.3 Å². The molecule has 0 aromatic heterocycles. The van der Waals surface area contributed by atoms with Crippen molar-refractivity contribution in [2.75, 3.05) is 79.3 Å². The Labute approximate surface area is 267 Å². The molecule has 0 bridgehead atoms. The molecule has 0 aromatic rings. The summed E-state index contributed by atoms with van der Waals surface area (Å²) < 4.78 is 28.7. The second-order valence-electron chi connectivity index (χ2n) is 12.0. The predicted octanol–water partition coefficient (Wildman–Crippen LogP) is 8.42. The van der Waals surface area contributed by atoms with Gasteiger partial charge >= 0.3 is 0 Å². The van der Waals surface area contributed by atoms with Gasteiger partial charge in [-0.2, -0.15) is 0 Å². The molecule has 0 amide bonds. The minimum Gasteiger partial charge on any atom is -0.396 e. The van der Waals surface area contributed by atoms with E-state index in [2.05, 4.69) is 0 Å². The third kappa shape index (κ3) is 41.7. The van der Waals surface area contributed by atoms with Crippen LogP contribution < -0.4 is 0 Å². The first-order chi connectivity index (χ1) is 21.4. The van der Waals surface area contributed by atoms with Crippen LogP contribution in [0.3, 0.4) is 0 Å². The zero-order valence-corrected chi connectivity index (χ0v) is 28.4. The second-order valence-corrected chi connectivity index (χ2v) is 12.0. The fourth-order valence-corrected chi connectivity index (χ4v) is 4.90. The zero-order chi connectivity index (χ0) is 31.0. The molecule has 260 valence electrons. The molecule has 0 rings (SSSR count). The molecule has 0 saturated carbocycles. The molecule has 0 aliphatic heterocycles. The SMILES string of the molecule is OCCCCCCOCCCCCCOCCCCCCOCCCCCCOCCCCCCOCCCCCCO. The summed E-state index contributed by atoms with van der Waals surface area (Å²) in [6.07, 6.45) is 27.8. The van der Waals surface area contributed by atoms with E-state index in [4.69, 9.17) is 33.9 Å². The normalized spacial score (nSPS) is 11.6. The van der Waals surface area contributed by atoms with Gasteiger partial charge in [0.15, 0.2) is 0 Å². The Bertz CT molecular complexity index is 427. The van der Waals surface area contributed by atoms with Crippen LogP contribution in [0.25, 0.3) is 0 Å². The van der Waals surface area contributed by atoms with E-state index in [0.29, 0.717) is 13.2 Å². The van der Waals surface area contributed by atoms with Gasteiger partial charge in [0.05, 0.1) is 0 Å². The Morgan fingerprint density at radius 3 is 0.465 bits per heavy atom. The number of rotatable bonds is 40. The fraction of sp³-hybridized carbons (Fsp3) is 1.00. The molecule has 0 aliphatic rings. The monoisotopic (exact) mass is 619 g/mol. The molecule has 0 aromatic carbocycles. The van der Waals surface area contributed by atoms with E-state index in [1.807, 2.05) is 0 Å². The van der Waals surface area contributed by atoms with Crippen molar-refractivity contribution in [1.29, 1.82) is 0 Å². The van der Waals surface area contributed by atoms with Crippen molar-refractivity contribution in [2.24, 2.45) is 0 Å². The van der Waals surface area contributed by atoms with Gasteiger partial charge in [0.25, 0.3) is 0 Å². The van der Waals surface area contributed by atoms with Crippen LogP contribution in [0.15, 0.2) is 0 Å². The molecule has 2 N–H and O–H groups in total. The lowest BCUT2D eigenvalue weighted by Crippen LogP contribution is -2.00. The summed E-state index contributed by atoms with van der Waals surface area (Å²) in [6, 6.07) is 0. The highest BCUT2D eigenvalue weighted by Gasteiger charge is 1.97. The van der Waals surface area contributed by atoms with Gasteiger partial charge in [0.2, 0.25) is 0 Å². The molecule has 0 unspecified atom stereocenters. The van der Waals surface area contributed by atoms with Crippen LogP contribution in [-0.4, -0.2) is 89.5 Å². The quantitative estimate of drug-likeness (QED) is 0.0667. The van der Waals surface area contributed by atoms with Crippen molar-refractivity contribution in [1.82, 2.24) is 0 Å². The predicted molar refractivity (Wildman–Crippen MR) is 179 cm³/mol. The minimum atomic E-state index is 0.313. The summed E-state index contributed by atoms with van der Waals surface area (Å²) in [5, 5.41) is 17.5. The van der Waals surface area contributed by atoms with Crippen LogP contribution in [0.2, 0.25) is 0 Å². The van der Waals surface area contributed by atoms with Crippen molar-refractivity contribution >= 4 is 0 Å². The topological polar surface area (TPSA) is 86.6 Å². The Morgan fingerprint density at radius 1 is 0.186 bits per heavy atom. The molecule has 7 heteroatoms. The minimum absolute atomic E-state index is 0.313. The first kappa shape index (κ1) is 42.7. The highest BCUT2D eigenvalue weighted by Crippen LogP contribution is 2.07. The van der Waals surface area contributed by atoms with Crippen LogP contribution in [0.1, 0.15) is 154 Å². The standard InChI is InChI=1S/C36H74O7/c37-25-13-1-3-15-27-39-29-17-5-7-19-31-41-33-21-9-11-23-35-43-36-24-12-10-22-34-42-32-20-8-6-18-30-40-28-16-4-2-14-26-38/h37-38H,1-36H2.